The summed E-state index contributed by atoms with van der Waals surface area (Å²) >= 11 is 6.28. The van der Waals surface area contributed by atoms with Gasteiger partial charge in [-0.3, -0.25) is 13.9 Å². The van der Waals surface area contributed by atoms with Gasteiger partial charge in [0, 0.05) is 31.4 Å². The van der Waals surface area contributed by atoms with Gasteiger partial charge in [0.25, 0.3) is 5.91 Å². The van der Waals surface area contributed by atoms with E-state index in [9.17, 15) is 19.8 Å². The number of amides is 1. The van der Waals surface area contributed by atoms with Crippen molar-refractivity contribution in [1.29, 1.82) is 0 Å². The monoisotopic (exact) mass is 492 g/mol. The summed E-state index contributed by atoms with van der Waals surface area (Å²) in [5.41, 5.74) is 0.305. The SMILES string of the molecule is O=C(NC(O)C1CCCCCC1)c1cc(-n2ccn(CC(O)COC3CNC3)c2=O)ccc1Cl. The molecule has 0 spiro atoms. The number of hydrogen-bond donors (Lipinski definition) is 4. The highest BCUT2D eigenvalue weighted by Gasteiger charge is 2.24. The van der Waals surface area contributed by atoms with Crippen LogP contribution in [0.25, 0.3) is 5.69 Å². The first kappa shape index (κ1) is 24.9. The highest BCUT2D eigenvalue weighted by Crippen LogP contribution is 2.25. The average molecular weight is 493 g/mol. The number of aromatic nitrogens is 2. The van der Waals surface area contributed by atoms with Crippen molar-refractivity contribution in [2.45, 2.75) is 63.5 Å². The predicted molar refractivity (Wildman–Crippen MR) is 128 cm³/mol. The van der Waals surface area contributed by atoms with Crippen LogP contribution in [0.4, 0.5) is 0 Å². The number of halogens is 1. The minimum absolute atomic E-state index is 0.0287. The van der Waals surface area contributed by atoms with E-state index in [2.05, 4.69) is 10.6 Å². The van der Waals surface area contributed by atoms with E-state index in [0.29, 0.717) is 5.69 Å². The molecule has 2 heterocycles. The number of hydrogen-bond acceptors (Lipinski definition) is 6. The molecule has 1 saturated heterocycles. The summed E-state index contributed by atoms with van der Waals surface area (Å²) in [6.07, 6.45) is 7.69. The Hall–Kier alpha value is -2.17. The molecule has 2 atom stereocenters. The number of imidazole rings is 1. The van der Waals surface area contributed by atoms with Gasteiger partial charge in [0.05, 0.1) is 41.6 Å². The van der Waals surface area contributed by atoms with Crippen molar-refractivity contribution >= 4 is 17.5 Å². The van der Waals surface area contributed by atoms with Gasteiger partial charge in [-0.25, -0.2) is 4.79 Å². The zero-order chi connectivity index (χ0) is 24.1. The molecule has 2 unspecified atom stereocenters. The Morgan fingerprint density at radius 3 is 2.59 bits per heavy atom. The molecule has 10 heteroatoms. The normalized spacial score (nSPS) is 19.3. The molecule has 1 amide bonds. The maximum absolute atomic E-state index is 12.9. The maximum atomic E-state index is 12.9. The fourth-order valence-corrected chi connectivity index (χ4v) is 4.65. The third kappa shape index (κ3) is 6.09. The first-order valence-electron chi connectivity index (χ1n) is 12.0. The van der Waals surface area contributed by atoms with Gasteiger partial charge in [-0.15, -0.1) is 0 Å². The van der Waals surface area contributed by atoms with Crippen molar-refractivity contribution in [3.05, 3.63) is 51.7 Å². The fraction of sp³-hybridized carbons (Fsp3) is 0.583. The number of nitrogens with one attached hydrogen (secondary N) is 2. The fourth-order valence-electron chi connectivity index (χ4n) is 4.45. The van der Waals surface area contributed by atoms with Crippen LogP contribution in [0, 0.1) is 5.92 Å². The van der Waals surface area contributed by atoms with Crippen LogP contribution in [-0.2, 0) is 11.3 Å². The van der Waals surface area contributed by atoms with Crippen molar-refractivity contribution in [2.75, 3.05) is 19.7 Å². The van der Waals surface area contributed by atoms with E-state index >= 15 is 0 Å². The molecule has 34 heavy (non-hydrogen) atoms. The molecule has 2 aliphatic rings. The van der Waals surface area contributed by atoms with E-state index in [1.54, 1.807) is 24.5 Å². The highest BCUT2D eigenvalue weighted by molar-refractivity contribution is 6.33. The summed E-state index contributed by atoms with van der Waals surface area (Å²) in [6, 6.07) is 4.74. The largest absolute Gasteiger partial charge is 0.389 e. The summed E-state index contributed by atoms with van der Waals surface area (Å²) in [6.45, 7) is 1.79. The van der Waals surface area contributed by atoms with Gasteiger partial charge in [0.1, 0.15) is 6.23 Å². The Labute approximate surface area is 203 Å². The molecule has 0 radical (unpaired) electrons. The van der Waals surface area contributed by atoms with E-state index in [-0.39, 0.29) is 41.4 Å². The molecule has 9 nitrogen and oxygen atoms in total. The topological polar surface area (TPSA) is 118 Å². The minimum atomic E-state index is -0.937. The maximum Gasteiger partial charge on any atom is 0.332 e. The number of nitrogens with zero attached hydrogens (tertiary/aromatic N) is 2. The second-order valence-electron chi connectivity index (χ2n) is 9.20. The Morgan fingerprint density at radius 1 is 1.18 bits per heavy atom. The summed E-state index contributed by atoms with van der Waals surface area (Å²) < 4.78 is 8.35. The van der Waals surface area contributed by atoms with Crippen LogP contribution in [-0.4, -0.2) is 63.4 Å². The molecule has 4 rings (SSSR count). The van der Waals surface area contributed by atoms with E-state index in [1.807, 2.05) is 0 Å². The van der Waals surface area contributed by atoms with Crippen molar-refractivity contribution in [3.63, 3.8) is 0 Å². The summed E-state index contributed by atoms with van der Waals surface area (Å²) in [5.74, 6) is -0.449. The lowest BCUT2D eigenvalue weighted by atomic mass is 9.98. The molecule has 1 saturated carbocycles. The smallest absolute Gasteiger partial charge is 0.332 e. The van der Waals surface area contributed by atoms with Crippen LogP contribution in [0.3, 0.4) is 0 Å². The van der Waals surface area contributed by atoms with Gasteiger partial charge >= 0.3 is 5.69 Å². The number of carbonyl (C=O) groups excluding carboxylic acids is 1. The van der Waals surface area contributed by atoms with Crippen molar-refractivity contribution in [3.8, 4) is 5.69 Å². The molecule has 0 bridgehead atoms. The molecule has 4 N–H and O–H groups in total. The van der Waals surface area contributed by atoms with Crippen molar-refractivity contribution < 1.29 is 19.7 Å². The van der Waals surface area contributed by atoms with Crippen LogP contribution in [0.1, 0.15) is 48.9 Å². The predicted octanol–water partition coefficient (Wildman–Crippen LogP) is 1.66. The average Bonchev–Trinajstić information content (AvgIpc) is 2.98. The van der Waals surface area contributed by atoms with E-state index < -0.39 is 18.2 Å². The number of aliphatic hydroxyl groups excluding tert-OH is 2. The van der Waals surface area contributed by atoms with Crippen LogP contribution >= 0.6 is 11.6 Å². The third-order valence-corrected chi connectivity index (χ3v) is 6.95. The number of ether oxygens (including phenoxy) is 1. The van der Waals surface area contributed by atoms with Crippen LogP contribution in [0.2, 0.25) is 5.02 Å². The summed E-state index contributed by atoms with van der Waals surface area (Å²) in [4.78, 5) is 25.8. The molecular weight excluding hydrogens is 460 g/mol. The zero-order valence-electron chi connectivity index (χ0n) is 19.2. The Bertz CT molecular complexity index is 1030. The quantitative estimate of drug-likeness (QED) is 0.312. The minimum Gasteiger partial charge on any atom is -0.389 e. The standard InChI is InChI=1S/C24H33ClN4O5/c25-21-8-7-17(11-20(21)23(32)27-22(31)16-5-3-1-2-4-6-16)29-10-9-28(24(29)33)14-18(30)15-34-19-12-26-13-19/h7-11,16,18-19,22,26,30-31H,1-6,12-15H2,(H,27,32). The van der Waals surface area contributed by atoms with Crippen LogP contribution in [0.15, 0.2) is 35.4 Å². The van der Waals surface area contributed by atoms with Crippen molar-refractivity contribution in [1.82, 2.24) is 19.8 Å². The molecule has 1 aliphatic carbocycles. The van der Waals surface area contributed by atoms with Crippen LogP contribution in [0.5, 0.6) is 0 Å². The van der Waals surface area contributed by atoms with E-state index in [4.69, 9.17) is 16.3 Å². The van der Waals surface area contributed by atoms with Gasteiger partial charge in [-0.05, 0) is 31.0 Å². The van der Waals surface area contributed by atoms with Gasteiger partial charge in [0.15, 0.2) is 0 Å². The second-order valence-corrected chi connectivity index (χ2v) is 9.61. The van der Waals surface area contributed by atoms with Gasteiger partial charge < -0.3 is 25.6 Å². The highest BCUT2D eigenvalue weighted by atomic mass is 35.5. The second kappa shape index (κ2) is 11.5. The van der Waals surface area contributed by atoms with Gasteiger partial charge in [0.2, 0.25) is 0 Å². The zero-order valence-corrected chi connectivity index (χ0v) is 19.9. The van der Waals surface area contributed by atoms with Crippen molar-refractivity contribution in [2.24, 2.45) is 5.92 Å². The summed E-state index contributed by atoms with van der Waals surface area (Å²) in [5, 5.41) is 26.8. The molecule has 1 aromatic carbocycles. The molecular formula is C24H33ClN4O5. The Balaban J connectivity index is 1.43. The molecule has 186 valence electrons. The number of benzene rings is 1. The number of carbonyl (C=O) groups is 1. The number of rotatable bonds is 9. The molecule has 1 aromatic heterocycles. The first-order chi connectivity index (χ1) is 16.4. The van der Waals surface area contributed by atoms with Gasteiger partial charge in [-0.2, -0.15) is 0 Å². The van der Waals surface area contributed by atoms with Gasteiger partial charge in [-0.1, -0.05) is 37.3 Å². The van der Waals surface area contributed by atoms with E-state index in [0.717, 1.165) is 51.6 Å². The lowest BCUT2D eigenvalue weighted by Gasteiger charge is -2.28. The molecule has 2 aromatic rings. The Morgan fingerprint density at radius 2 is 1.91 bits per heavy atom. The third-order valence-electron chi connectivity index (χ3n) is 6.62. The van der Waals surface area contributed by atoms with E-state index in [1.165, 1.54) is 15.2 Å². The Kier molecular flexibility index (Phi) is 8.44. The molecule has 2 fully saturated rings. The van der Waals surface area contributed by atoms with Crippen LogP contribution < -0.4 is 16.3 Å². The molecule has 1 aliphatic heterocycles. The lowest BCUT2D eigenvalue weighted by Crippen LogP contribution is -2.49. The summed E-state index contributed by atoms with van der Waals surface area (Å²) in [7, 11) is 0. The lowest BCUT2D eigenvalue weighted by molar-refractivity contribution is -0.0346. The first-order valence-corrected chi connectivity index (χ1v) is 12.4. The number of aliphatic hydroxyl groups is 2.